The van der Waals surface area contributed by atoms with Gasteiger partial charge in [-0.05, 0) is 56.5 Å². The summed E-state index contributed by atoms with van der Waals surface area (Å²) in [7, 11) is 0. The van der Waals surface area contributed by atoms with Gasteiger partial charge in [-0.25, -0.2) is 0 Å². The van der Waals surface area contributed by atoms with Gasteiger partial charge in [-0.1, -0.05) is 23.7 Å². The summed E-state index contributed by atoms with van der Waals surface area (Å²) in [4.78, 5) is 17.3. The van der Waals surface area contributed by atoms with Crippen LogP contribution in [0.15, 0.2) is 36.4 Å². The number of thiophene rings is 1. The van der Waals surface area contributed by atoms with E-state index in [-0.39, 0.29) is 17.9 Å². The average Bonchev–Trinajstić information content (AvgIpc) is 3.04. The normalized spacial score (nSPS) is 17.4. The van der Waals surface area contributed by atoms with Gasteiger partial charge in [0.1, 0.15) is 0 Å². The lowest BCUT2D eigenvalue weighted by Gasteiger charge is -2.32. The summed E-state index contributed by atoms with van der Waals surface area (Å²) >= 11 is 7.65. The number of piperidine rings is 1. The molecule has 134 valence electrons. The van der Waals surface area contributed by atoms with Crippen molar-refractivity contribution in [1.82, 2.24) is 10.2 Å². The molecule has 0 saturated carbocycles. The van der Waals surface area contributed by atoms with E-state index in [0.717, 1.165) is 42.4 Å². The second kappa shape index (κ2) is 8.35. The summed E-state index contributed by atoms with van der Waals surface area (Å²) in [6.45, 7) is 7.05. The zero-order chi connectivity index (χ0) is 17.8. The van der Waals surface area contributed by atoms with E-state index in [2.05, 4.69) is 41.4 Å². The molecule has 3 nitrogen and oxygen atoms in total. The van der Waals surface area contributed by atoms with Crippen molar-refractivity contribution in [3.05, 3.63) is 56.7 Å². The van der Waals surface area contributed by atoms with Crippen molar-refractivity contribution in [2.75, 3.05) is 13.1 Å². The molecule has 0 unspecified atom stereocenters. The van der Waals surface area contributed by atoms with E-state index in [4.69, 9.17) is 11.6 Å². The summed E-state index contributed by atoms with van der Waals surface area (Å²) in [6, 6.07) is 12.5. The number of carbonyl (C=O) groups excluding carboxylic acids is 1. The van der Waals surface area contributed by atoms with Crippen molar-refractivity contribution >= 4 is 28.8 Å². The minimum absolute atomic E-state index is 0.0641. The third-order valence-corrected chi connectivity index (χ3v) is 6.27. The van der Waals surface area contributed by atoms with Crippen LogP contribution in [0.25, 0.3) is 0 Å². The van der Waals surface area contributed by atoms with Gasteiger partial charge in [0.05, 0.1) is 5.92 Å². The Morgan fingerprint density at radius 1 is 1.24 bits per heavy atom. The van der Waals surface area contributed by atoms with Crippen LogP contribution in [0.2, 0.25) is 5.02 Å². The molecule has 2 heterocycles. The van der Waals surface area contributed by atoms with Crippen LogP contribution in [0.4, 0.5) is 0 Å². The SMILES string of the molecule is Cc1ccc([C@H](C)C(=O)NC2CCN(Cc3ccc(Cl)cc3)CC2)s1. The molecule has 1 saturated heterocycles. The highest BCUT2D eigenvalue weighted by molar-refractivity contribution is 7.12. The first kappa shape index (κ1) is 18.4. The maximum absolute atomic E-state index is 12.5. The van der Waals surface area contributed by atoms with Crippen molar-refractivity contribution in [2.24, 2.45) is 0 Å². The molecule has 1 aromatic carbocycles. The van der Waals surface area contributed by atoms with E-state index in [9.17, 15) is 4.79 Å². The molecule has 0 spiro atoms. The number of hydrogen-bond donors (Lipinski definition) is 1. The molecule has 0 aliphatic carbocycles. The Hall–Kier alpha value is -1.36. The van der Waals surface area contributed by atoms with Gasteiger partial charge in [0.15, 0.2) is 0 Å². The van der Waals surface area contributed by atoms with E-state index >= 15 is 0 Å². The van der Waals surface area contributed by atoms with Crippen LogP contribution in [0.3, 0.4) is 0 Å². The van der Waals surface area contributed by atoms with Crippen LogP contribution in [0.5, 0.6) is 0 Å². The number of carbonyl (C=O) groups is 1. The average molecular weight is 377 g/mol. The van der Waals surface area contributed by atoms with Crippen molar-refractivity contribution in [1.29, 1.82) is 0 Å². The molecule has 1 aliphatic rings. The summed E-state index contributed by atoms with van der Waals surface area (Å²) in [6.07, 6.45) is 2.02. The first-order valence-corrected chi connectivity index (χ1v) is 10.0. The number of amides is 1. The van der Waals surface area contributed by atoms with E-state index in [1.54, 1.807) is 11.3 Å². The zero-order valence-corrected chi connectivity index (χ0v) is 16.4. The number of nitrogens with one attached hydrogen (secondary N) is 1. The Balaban J connectivity index is 1.45. The van der Waals surface area contributed by atoms with Crippen molar-refractivity contribution in [3.63, 3.8) is 0 Å². The molecule has 0 radical (unpaired) electrons. The molecule has 1 aliphatic heterocycles. The Labute approximate surface area is 159 Å². The fourth-order valence-electron chi connectivity index (χ4n) is 3.22. The largest absolute Gasteiger partial charge is 0.353 e. The number of nitrogens with zero attached hydrogens (tertiary/aromatic N) is 1. The van der Waals surface area contributed by atoms with E-state index in [1.165, 1.54) is 10.4 Å². The highest BCUT2D eigenvalue weighted by Gasteiger charge is 2.24. The standard InChI is InChI=1S/C20H25ClN2OS/c1-14-3-8-19(25-14)15(2)20(24)22-18-9-11-23(12-10-18)13-16-4-6-17(21)7-5-16/h3-8,15,18H,9-13H2,1-2H3,(H,22,24)/t15-/m0/s1. The fourth-order valence-corrected chi connectivity index (χ4v) is 4.28. The number of likely N-dealkylation sites (tertiary alicyclic amines) is 1. The van der Waals surface area contributed by atoms with Crippen LogP contribution in [0.1, 0.15) is 41.0 Å². The minimum atomic E-state index is -0.0641. The molecule has 1 amide bonds. The molecule has 1 aromatic heterocycles. The van der Waals surface area contributed by atoms with Crippen LogP contribution in [-0.2, 0) is 11.3 Å². The smallest absolute Gasteiger partial charge is 0.228 e. The maximum atomic E-state index is 12.5. The first-order chi connectivity index (χ1) is 12.0. The number of halogens is 1. The van der Waals surface area contributed by atoms with Gasteiger partial charge in [0, 0.05) is 40.5 Å². The summed E-state index contributed by atoms with van der Waals surface area (Å²) in [5.74, 6) is 0.0869. The lowest BCUT2D eigenvalue weighted by Crippen LogP contribution is -2.45. The molecule has 25 heavy (non-hydrogen) atoms. The topological polar surface area (TPSA) is 32.3 Å². The van der Waals surface area contributed by atoms with Gasteiger partial charge in [0.25, 0.3) is 0 Å². The number of aryl methyl sites for hydroxylation is 1. The van der Waals surface area contributed by atoms with E-state index in [1.807, 2.05) is 19.1 Å². The molecular formula is C20H25ClN2OS. The number of benzene rings is 1. The molecular weight excluding hydrogens is 352 g/mol. The van der Waals surface area contributed by atoms with Gasteiger partial charge >= 0.3 is 0 Å². The van der Waals surface area contributed by atoms with Gasteiger partial charge in [-0.2, -0.15) is 0 Å². The van der Waals surface area contributed by atoms with Gasteiger partial charge in [-0.15, -0.1) is 11.3 Å². The van der Waals surface area contributed by atoms with Gasteiger partial charge < -0.3 is 5.32 Å². The second-order valence-corrected chi connectivity index (χ2v) is 8.61. The summed E-state index contributed by atoms with van der Waals surface area (Å²) < 4.78 is 0. The molecule has 1 N–H and O–H groups in total. The van der Waals surface area contributed by atoms with E-state index in [0.29, 0.717) is 0 Å². The van der Waals surface area contributed by atoms with E-state index < -0.39 is 0 Å². The molecule has 3 rings (SSSR count). The molecule has 0 bridgehead atoms. The quantitative estimate of drug-likeness (QED) is 0.827. The molecule has 2 aromatic rings. The summed E-state index contributed by atoms with van der Waals surface area (Å²) in [5, 5.41) is 4.02. The van der Waals surface area contributed by atoms with Crippen molar-refractivity contribution in [3.8, 4) is 0 Å². The first-order valence-electron chi connectivity index (χ1n) is 8.85. The molecule has 1 atom stereocenters. The predicted molar refractivity (Wildman–Crippen MR) is 105 cm³/mol. The van der Waals surface area contributed by atoms with Crippen molar-refractivity contribution < 1.29 is 4.79 Å². The Kier molecular flexibility index (Phi) is 6.15. The molecule has 5 heteroatoms. The Morgan fingerprint density at radius 3 is 2.52 bits per heavy atom. The van der Waals surface area contributed by atoms with Crippen LogP contribution >= 0.6 is 22.9 Å². The highest BCUT2D eigenvalue weighted by Crippen LogP contribution is 2.25. The molecule has 1 fully saturated rings. The Bertz CT molecular complexity index is 705. The third kappa shape index (κ3) is 5.06. The van der Waals surface area contributed by atoms with Crippen LogP contribution in [0, 0.1) is 6.92 Å². The van der Waals surface area contributed by atoms with Gasteiger partial charge in [-0.3, -0.25) is 9.69 Å². The Morgan fingerprint density at radius 2 is 1.92 bits per heavy atom. The zero-order valence-electron chi connectivity index (χ0n) is 14.8. The predicted octanol–water partition coefficient (Wildman–Crippen LogP) is 4.59. The number of hydrogen-bond acceptors (Lipinski definition) is 3. The van der Waals surface area contributed by atoms with Crippen LogP contribution in [-0.4, -0.2) is 29.9 Å². The minimum Gasteiger partial charge on any atom is -0.353 e. The monoisotopic (exact) mass is 376 g/mol. The van der Waals surface area contributed by atoms with Crippen molar-refractivity contribution in [2.45, 2.75) is 45.2 Å². The lowest BCUT2D eigenvalue weighted by atomic mass is 10.0. The lowest BCUT2D eigenvalue weighted by molar-refractivity contribution is -0.123. The van der Waals surface area contributed by atoms with Crippen LogP contribution < -0.4 is 5.32 Å². The fraction of sp³-hybridized carbons (Fsp3) is 0.450. The summed E-state index contributed by atoms with van der Waals surface area (Å²) in [5.41, 5.74) is 1.29. The second-order valence-electron chi connectivity index (χ2n) is 6.86. The highest BCUT2D eigenvalue weighted by atomic mass is 35.5. The number of rotatable bonds is 5. The maximum Gasteiger partial charge on any atom is 0.228 e. The van der Waals surface area contributed by atoms with Gasteiger partial charge in [0.2, 0.25) is 5.91 Å². The third-order valence-electron chi connectivity index (χ3n) is 4.83.